The minimum atomic E-state index is -3.37. The summed E-state index contributed by atoms with van der Waals surface area (Å²) in [5.74, 6) is 0.353. The van der Waals surface area contributed by atoms with Gasteiger partial charge in [0.05, 0.1) is 23.6 Å². The molecule has 1 atom stereocenters. The summed E-state index contributed by atoms with van der Waals surface area (Å²) in [7, 11) is -3.37. The van der Waals surface area contributed by atoms with E-state index in [4.69, 9.17) is 5.26 Å². The molecule has 3 aromatic rings. The van der Waals surface area contributed by atoms with Gasteiger partial charge in [-0.2, -0.15) is 5.26 Å². The number of rotatable bonds is 6. The number of amides is 1. The Hall–Kier alpha value is -2.94. The quantitative estimate of drug-likeness (QED) is 0.418. The Morgan fingerprint density at radius 2 is 2.03 bits per heavy atom. The summed E-state index contributed by atoms with van der Waals surface area (Å²) in [5, 5.41) is 20.2. The topological polar surface area (TPSA) is 116 Å². The van der Waals surface area contributed by atoms with Gasteiger partial charge < -0.3 is 0 Å². The van der Waals surface area contributed by atoms with Crippen LogP contribution in [0.5, 0.6) is 0 Å². The van der Waals surface area contributed by atoms with Gasteiger partial charge in [-0.3, -0.25) is 14.4 Å². The molecular weight excluding hydrogens is 466 g/mol. The van der Waals surface area contributed by atoms with Crippen LogP contribution in [0.3, 0.4) is 0 Å². The first-order valence-corrected chi connectivity index (χ1v) is 13.3. The number of thioether (sulfide) groups is 1. The lowest BCUT2D eigenvalue weighted by Gasteiger charge is -2.21. The summed E-state index contributed by atoms with van der Waals surface area (Å²) in [4.78, 5) is 12.7. The van der Waals surface area contributed by atoms with E-state index in [1.807, 2.05) is 19.1 Å². The van der Waals surface area contributed by atoms with Crippen molar-refractivity contribution in [3.8, 4) is 6.07 Å². The number of carbonyl (C=O) groups excluding carboxylic acids is 1. The second-order valence-electron chi connectivity index (χ2n) is 7.38. The number of benzene rings is 2. The average molecular weight is 486 g/mol. The molecule has 1 aliphatic heterocycles. The third-order valence-electron chi connectivity index (χ3n) is 4.92. The molecule has 1 amide bonds. The van der Waals surface area contributed by atoms with Crippen LogP contribution in [0.4, 0.5) is 10.8 Å². The number of carbonyl (C=O) groups is 1. The van der Waals surface area contributed by atoms with Crippen LogP contribution in [-0.2, 0) is 22.2 Å². The minimum Gasteiger partial charge on any atom is -0.296 e. The zero-order chi connectivity index (χ0) is 22.9. The van der Waals surface area contributed by atoms with Crippen LogP contribution >= 0.6 is 23.1 Å². The van der Waals surface area contributed by atoms with Crippen molar-refractivity contribution in [3.63, 3.8) is 0 Å². The zero-order valence-electron chi connectivity index (χ0n) is 17.3. The smallest absolute Gasteiger partial charge is 0.257 e. The lowest BCUT2D eigenvalue weighted by atomic mass is 10.1. The van der Waals surface area contributed by atoms with Crippen molar-refractivity contribution in [2.24, 2.45) is 0 Å². The highest BCUT2D eigenvalue weighted by Gasteiger charge is 2.32. The number of nitriles is 1. The molecule has 0 saturated carbocycles. The van der Waals surface area contributed by atoms with Gasteiger partial charge in [0.1, 0.15) is 0 Å². The molecule has 1 aliphatic rings. The highest BCUT2D eigenvalue weighted by atomic mass is 32.2. The molecule has 164 valence electrons. The number of hydrogen-bond donors (Lipinski definition) is 1. The van der Waals surface area contributed by atoms with Gasteiger partial charge in [0.15, 0.2) is 4.34 Å². The van der Waals surface area contributed by atoms with Crippen molar-refractivity contribution in [2.45, 2.75) is 29.5 Å². The average Bonchev–Trinajstić information content (AvgIpc) is 3.34. The van der Waals surface area contributed by atoms with E-state index in [2.05, 4.69) is 21.6 Å². The molecule has 0 radical (unpaired) electrons. The van der Waals surface area contributed by atoms with Crippen LogP contribution in [0, 0.1) is 11.3 Å². The largest absolute Gasteiger partial charge is 0.296 e. The lowest BCUT2D eigenvalue weighted by molar-refractivity contribution is 0.102. The highest BCUT2D eigenvalue weighted by molar-refractivity contribution is 8.00. The Morgan fingerprint density at radius 3 is 2.72 bits per heavy atom. The summed E-state index contributed by atoms with van der Waals surface area (Å²) in [6, 6.07) is 14.3. The number of nitrogens with zero attached hydrogens (tertiary/aromatic N) is 4. The fourth-order valence-corrected chi connectivity index (χ4v) is 6.52. The van der Waals surface area contributed by atoms with E-state index in [0.717, 1.165) is 15.5 Å². The molecule has 0 spiro atoms. The van der Waals surface area contributed by atoms with E-state index in [9.17, 15) is 13.2 Å². The molecule has 8 nitrogen and oxygen atoms in total. The number of fused-ring (bicyclic) bond motifs is 1. The van der Waals surface area contributed by atoms with Gasteiger partial charge in [-0.15, -0.1) is 10.2 Å². The maximum Gasteiger partial charge on any atom is 0.257 e. The van der Waals surface area contributed by atoms with Gasteiger partial charge in [-0.05, 0) is 54.8 Å². The summed E-state index contributed by atoms with van der Waals surface area (Å²) in [5.41, 5.74) is 3.56. The normalized spacial score (nSPS) is 15.3. The van der Waals surface area contributed by atoms with E-state index in [1.165, 1.54) is 33.7 Å². The van der Waals surface area contributed by atoms with Crippen molar-refractivity contribution in [2.75, 3.05) is 15.9 Å². The zero-order valence-corrected chi connectivity index (χ0v) is 19.7. The first-order chi connectivity index (χ1) is 15.2. The molecule has 1 unspecified atom stereocenters. The molecule has 1 aromatic heterocycles. The Labute approximate surface area is 194 Å². The Kier molecular flexibility index (Phi) is 6.19. The summed E-state index contributed by atoms with van der Waals surface area (Å²) in [6.07, 6.45) is 1.74. The van der Waals surface area contributed by atoms with E-state index < -0.39 is 10.0 Å². The Morgan fingerprint density at radius 1 is 1.28 bits per heavy atom. The van der Waals surface area contributed by atoms with Crippen LogP contribution < -0.4 is 9.62 Å². The van der Waals surface area contributed by atoms with Crippen molar-refractivity contribution < 1.29 is 13.2 Å². The fourth-order valence-electron chi connectivity index (χ4n) is 3.56. The molecule has 2 heterocycles. The van der Waals surface area contributed by atoms with E-state index in [-0.39, 0.29) is 11.9 Å². The Balaban J connectivity index is 1.40. The highest BCUT2D eigenvalue weighted by Crippen LogP contribution is 2.35. The van der Waals surface area contributed by atoms with Gasteiger partial charge in [-0.1, -0.05) is 35.2 Å². The van der Waals surface area contributed by atoms with Crippen LogP contribution in [0.1, 0.15) is 34.0 Å². The lowest BCUT2D eigenvalue weighted by Crippen LogP contribution is -2.34. The van der Waals surface area contributed by atoms with Crippen LogP contribution in [0.15, 0.2) is 46.8 Å². The molecule has 0 fully saturated rings. The Bertz CT molecular complexity index is 1310. The van der Waals surface area contributed by atoms with Gasteiger partial charge in [-0.25, -0.2) is 8.42 Å². The molecule has 0 saturated heterocycles. The van der Waals surface area contributed by atoms with Gasteiger partial charge in [0.2, 0.25) is 15.2 Å². The molecule has 4 rings (SSSR count). The summed E-state index contributed by atoms with van der Waals surface area (Å²) in [6.45, 7) is 1.85. The molecule has 11 heteroatoms. The summed E-state index contributed by atoms with van der Waals surface area (Å²) < 4.78 is 26.2. The van der Waals surface area contributed by atoms with E-state index in [0.29, 0.717) is 34.1 Å². The molecular formula is C21H19N5O3S3. The predicted molar refractivity (Wildman–Crippen MR) is 126 cm³/mol. The second-order valence-corrected chi connectivity index (χ2v) is 11.4. The second kappa shape index (κ2) is 8.90. The molecule has 1 N–H and O–H groups in total. The number of nitrogens with one attached hydrogen (secondary N) is 1. The molecule has 0 bridgehead atoms. The molecule has 32 heavy (non-hydrogen) atoms. The van der Waals surface area contributed by atoms with Crippen LogP contribution in [0.25, 0.3) is 0 Å². The SMILES string of the molecule is CC1Cc2cc(C(=O)Nc3nnc(SCc4ccc(C#N)cc4)s3)ccc2N1S(C)(=O)=O. The van der Waals surface area contributed by atoms with Gasteiger partial charge >= 0.3 is 0 Å². The standard InChI is InChI=1S/C21H19N5O3S3/c1-13-9-17-10-16(7-8-18(17)26(13)32(2,28)29)19(27)23-20-24-25-21(31-20)30-12-15-5-3-14(11-22)4-6-15/h3-8,10,13H,9,12H2,1-2H3,(H,23,24,27). The van der Waals surface area contributed by atoms with E-state index >= 15 is 0 Å². The van der Waals surface area contributed by atoms with Crippen molar-refractivity contribution in [1.82, 2.24) is 10.2 Å². The first kappa shape index (κ1) is 22.3. The van der Waals surface area contributed by atoms with Crippen LogP contribution in [-0.4, -0.2) is 36.8 Å². The number of anilines is 2. The van der Waals surface area contributed by atoms with Gasteiger partial charge in [0, 0.05) is 17.4 Å². The maximum absolute atomic E-state index is 12.7. The minimum absolute atomic E-state index is 0.183. The summed E-state index contributed by atoms with van der Waals surface area (Å²) >= 11 is 2.78. The molecule has 0 aliphatic carbocycles. The fraction of sp³-hybridized carbons (Fsp3) is 0.238. The third kappa shape index (κ3) is 4.77. The van der Waals surface area contributed by atoms with E-state index in [1.54, 1.807) is 30.3 Å². The maximum atomic E-state index is 12.7. The number of hydrogen-bond acceptors (Lipinski definition) is 8. The van der Waals surface area contributed by atoms with Gasteiger partial charge in [0.25, 0.3) is 5.91 Å². The van der Waals surface area contributed by atoms with Crippen molar-refractivity contribution in [3.05, 3.63) is 64.7 Å². The number of sulfonamides is 1. The monoisotopic (exact) mass is 485 g/mol. The molecule has 2 aromatic carbocycles. The van der Waals surface area contributed by atoms with Crippen LogP contribution in [0.2, 0.25) is 0 Å². The third-order valence-corrected chi connectivity index (χ3v) is 8.24. The van der Waals surface area contributed by atoms with Crippen molar-refractivity contribution in [1.29, 1.82) is 5.26 Å². The predicted octanol–water partition coefficient (Wildman–Crippen LogP) is 3.66. The van der Waals surface area contributed by atoms with Crippen molar-refractivity contribution >= 4 is 49.8 Å². The number of aromatic nitrogens is 2. The first-order valence-electron chi connectivity index (χ1n) is 9.63.